The molecule has 0 aromatic carbocycles. The molecule has 7 atom stereocenters. The Morgan fingerprint density at radius 3 is 2.50 bits per heavy atom. The molecule has 0 aromatic rings. The Bertz CT molecular complexity index is 654. The number of allylic oxidation sites excluding steroid dienone is 1. The van der Waals surface area contributed by atoms with E-state index in [2.05, 4.69) is 0 Å². The third kappa shape index (κ3) is 1.76. The number of carbonyl (C=O) groups excluding carboxylic acids is 2. The smallest absolute Gasteiger partial charge is 0.159 e. The first kappa shape index (κ1) is 16.4. The second-order valence-electron chi connectivity index (χ2n) is 8.84. The number of aliphatic hydroxyl groups is 3. The van der Waals surface area contributed by atoms with Crippen LogP contribution in [0.25, 0.3) is 0 Å². The van der Waals surface area contributed by atoms with Gasteiger partial charge in [-0.25, -0.2) is 0 Å². The highest BCUT2D eigenvalue weighted by atomic mass is 16.3. The number of carbonyl (C=O) groups is 2. The van der Waals surface area contributed by atoms with Crippen LogP contribution in [0.5, 0.6) is 0 Å². The maximum absolute atomic E-state index is 12.8. The van der Waals surface area contributed by atoms with Gasteiger partial charge in [0.15, 0.2) is 5.78 Å². The third-order valence-corrected chi connectivity index (χ3v) is 7.83. The molecular formula is C19H26O5. The molecular weight excluding hydrogens is 308 g/mol. The summed E-state index contributed by atoms with van der Waals surface area (Å²) in [5, 5.41) is 31.6. The van der Waals surface area contributed by atoms with Crippen LogP contribution in [-0.2, 0) is 9.59 Å². The van der Waals surface area contributed by atoms with Gasteiger partial charge in [-0.05, 0) is 62.0 Å². The first-order valence-corrected chi connectivity index (χ1v) is 9.01. The van der Waals surface area contributed by atoms with Crippen LogP contribution in [0, 0.1) is 22.7 Å². The van der Waals surface area contributed by atoms with Crippen LogP contribution in [0.3, 0.4) is 0 Å². The largest absolute Gasteiger partial charge is 0.390 e. The molecule has 0 radical (unpaired) electrons. The van der Waals surface area contributed by atoms with Gasteiger partial charge in [-0.15, -0.1) is 0 Å². The molecule has 0 aromatic heterocycles. The highest BCUT2D eigenvalue weighted by molar-refractivity contribution is 5.96. The fraction of sp³-hybridized carbons (Fsp3) is 0.789. The summed E-state index contributed by atoms with van der Waals surface area (Å²) >= 11 is 0. The molecule has 0 bridgehead atoms. The van der Waals surface area contributed by atoms with Crippen LogP contribution in [-0.4, -0.2) is 44.7 Å². The van der Waals surface area contributed by atoms with E-state index in [0.717, 1.165) is 6.42 Å². The maximum atomic E-state index is 12.8. The lowest BCUT2D eigenvalue weighted by molar-refractivity contribution is -0.154. The zero-order valence-electron chi connectivity index (χ0n) is 14.3. The van der Waals surface area contributed by atoms with Crippen molar-refractivity contribution in [3.63, 3.8) is 0 Å². The SMILES string of the molecule is C[C@]12C[C@H](O)[C@H](O)C[C@H]1C(=O)C=C1[C@@H]2CC[C@]2(C)C(=O)CC[C@@]12O. The van der Waals surface area contributed by atoms with E-state index in [1.807, 2.05) is 13.8 Å². The van der Waals surface area contributed by atoms with Gasteiger partial charge in [0.05, 0.1) is 23.2 Å². The number of fused-ring (bicyclic) bond motifs is 5. The van der Waals surface area contributed by atoms with Crippen molar-refractivity contribution in [2.45, 2.75) is 70.2 Å². The Hall–Kier alpha value is -1.04. The Kier molecular flexibility index (Phi) is 3.27. The predicted octanol–water partition coefficient (Wildman–Crippen LogP) is 1.14. The second kappa shape index (κ2) is 4.77. The minimum atomic E-state index is -1.24. The number of hydrogen-bond donors (Lipinski definition) is 3. The molecule has 0 aliphatic heterocycles. The van der Waals surface area contributed by atoms with Crippen molar-refractivity contribution < 1.29 is 24.9 Å². The van der Waals surface area contributed by atoms with E-state index in [4.69, 9.17) is 0 Å². The molecule has 3 N–H and O–H groups in total. The van der Waals surface area contributed by atoms with E-state index in [0.29, 0.717) is 31.3 Å². The molecule has 4 aliphatic rings. The summed E-state index contributed by atoms with van der Waals surface area (Å²) in [5.41, 5.74) is -1.80. The normalized spacial score (nSPS) is 54.0. The van der Waals surface area contributed by atoms with Crippen molar-refractivity contribution in [3.05, 3.63) is 11.6 Å². The summed E-state index contributed by atoms with van der Waals surface area (Å²) in [7, 11) is 0. The fourth-order valence-corrected chi connectivity index (χ4v) is 6.14. The molecule has 5 nitrogen and oxygen atoms in total. The molecule has 4 rings (SSSR count). The van der Waals surface area contributed by atoms with E-state index in [1.165, 1.54) is 0 Å². The van der Waals surface area contributed by atoms with Crippen molar-refractivity contribution in [1.82, 2.24) is 0 Å². The van der Waals surface area contributed by atoms with Gasteiger partial charge in [0.1, 0.15) is 5.78 Å². The van der Waals surface area contributed by atoms with Crippen molar-refractivity contribution >= 4 is 11.6 Å². The van der Waals surface area contributed by atoms with Crippen LogP contribution in [0.15, 0.2) is 11.6 Å². The number of Topliss-reactive ketones (excluding diaryl/α,β-unsaturated/α-hetero) is 1. The Morgan fingerprint density at radius 2 is 1.79 bits per heavy atom. The second-order valence-corrected chi connectivity index (χ2v) is 8.84. The minimum Gasteiger partial charge on any atom is -0.390 e. The van der Waals surface area contributed by atoms with Gasteiger partial charge in [-0.2, -0.15) is 0 Å². The van der Waals surface area contributed by atoms with Gasteiger partial charge in [-0.1, -0.05) is 6.92 Å². The standard InChI is InChI=1S/C19H26O5/c1-17-9-15(22)14(21)8-12(17)13(20)7-11-10(17)3-5-18(2)16(23)4-6-19(11,18)24/h7,10,12,14-15,21-22,24H,3-6,8-9H2,1-2H3/t10-,12-,14+,15-,17+,18+,19+/m0/s1. The molecule has 3 fully saturated rings. The highest BCUT2D eigenvalue weighted by Gasteiger charge is 2.66. The molecule has 24 heavy (non-hydrogen) atoms. The lowest BCUT2D eigenvalue weighted by atomic mass is 9.47. The minimum absolute atomic E-state index is 0.0219. The summed E-state index contributed by atoms with van der Waals surface area (Å²) in [4.78, 5) is 25.2. The molecule has 0 saturated heterocycles. The number of ketones is 2. The van der Waals surface area contributed by atoms with Gasteiger partial charge in [0.25, 0.3) is 0 Å². The average Bonchev–Trinajstić information content (AvgIpc) is 2.75. The lowest BCUT2D eigenvalue weighted by Crippen LogP contribution is -2.60. The highest BCUT2D eigenvalue weighted by Crippen LogP contribution is 2.64. The van der Waals surface area contributed by atoms with E-state index in [-0.39, 0.29) is 29.8 Å². The molecule has 0 spiro atoms. The van der Waals surface area contributed by atoms with Crippen molar-refractivity contribution in [1.29, 1.82) is 0 Å². The molecule has 132 valence electrons. The maximum Gasteiger partial charge on any atom is 0.159 e. The summed E-state index contributed by atoms with van der Waals surface area (Å²) in [6, 6.07) is 0. The lowest BCUT2D eigenvalue weighted by Gasteiger charge is -2.58. The molecule has 3 saturated carbocycles. The van der Waals surface area contributed by atoms with Gasteiger partial charge >= 0.3 is 0 Å². The van der Waals surface area contributed by atoms with Crippen LogP contribution in [0.2, 0.25) is 0 Å². The zero-order chi connectivity index (χ0) is 17.5. The first-order valence-electron chi connectivity index (χ1n) is 9.01. The Labute approximate surface area is 141 Å². The molecule has 0 heterocycles. The summed E-state index contributed by atoms with van der Waals surface area (Å²) in [5.74, 6) is -0.337. The number of rotatable bonds is 0. The molecule has 0 amide bonds. The number of hydrogen-bond acceptors (Lipinski definition) is 5. The number of aliphatic hydroxyl groups excluding tert-OH is 2. The van der Waals surface area contributed by atoms with Crippen molar-refractivity contribution in [2.24, 2.45) is 22.7 Å². The molecule has 5 heteroatoms. The zero-order valence-corrected chi connectivity index (χ0v) is 14.3. The monoisotopic (exact) mass is 334 g/mol. The van der Waals surface area contributed by atoms with Gasteiger partial charge < -0.3 is 15.3 Å². The fourth-order valence-electron chi connectivity index (χ4n) is 6.14. The van der Waals surface area contributed by atoms with Gasteiger partial charge in [0.2, 0.25) is 0 Å². The Morgan fingerprint density at radius 1 is 1.08 bits per heavy atom. The Balaban J connectivity index is 1.83. The van der Waals surface area contributed by atoms with Crippen LogP contribution >= 0.6 is 0 Å². The van der Waals surface area contributed by atoms with E-state index < -0.39 is 28.6 Å². The summed E-state index contributed by atoms with van der Waals surface area (Å²) in [6.07, 6.45) is 2.56. The van der Waals surface area contributed by atoms with E-state index in [9.17, 15) is 24.9 Å². The summed E-state index contributed by atoms with van der Waals surface area (Å²) in [6.45, 7) is 3.84. The van der Waals surface area contributed by atoms with Gasteiger partial charge in [0, 0.05) is 12.3 Å². The first-order chi connectivity index (χ1) is 11.1. The molecule has 4 aliphatic carbocycles. The van der Waals surface area contributed by atoms with Crippen LogP contribution < -0.4 is 0 Å². The quantitative estimate of drug-likeness (QED) is 0.618. The van der Waals surface area contributed by atoms with E-state index >= 15 is 0 Å². The van der Waals surface area contributed by atoms with Crippen molar-refractivity contribution in [2.75, 3.05) is 0 Å². The van der Waals surface area contributed by atoms with Gasteiger partial charge in [-0.3, -0.25) is 9.59 Å². The average molecular weight is 334 g/mol. The van der Waals surface area contributed by atoms with E-state index in [1.54, 1.807) is 6.08 Å². The molecule has 0 unspecified atom stereocenters. The van der Waals surface area contributed by atoms with Crippen LogP contribution in [0.1, 0.15) is 52.4 Å². The predicted molar refractivity (Wildman–Crippen MR) is 86.0 cm³/mol. The summed E-state index contributed by atoms with van der Waals surface area (Å²) < 4.78 is 0. The van der Waals surface area contributed by atoms with Crippen molar-refractivity contribution in [3.8, 4) is 0 Å². The van der Waals surface area contributed by atoms with Crippen LogP contribution in [0.4, 0.5) is 0 Å². The third-order valence-electron chi connectivity index (χ3n) is 7.83. The topological polar surface area (TPSA) is 94.8 Å².